The predicted molar refractivity (Wildman–Crippen MR) is 164 cm³/mol. The first kappa shape index (κ1) is 25.8. The number of nitrogens with zero attached hydrogens (tertiary/aromatic N) is 3. The molecule has 3 aromatic carbocycles. The molecule has 1 aromatic heterocycles. The van der Waals surface area contributed by atoms with Crippen molar-refractivity contribution in [2.24, 2.45) is 10.4 Å². The largest absolute Gasteiger partial charge is 0.494 e. The maximum atomic E-state index is 5.62. The Hall–Kier alpha value is -3.44. The van der Waals surface area contributed by atoms with Gasteiger partial charge in [-0.1, -0.05) is 61.7 Å². The lowest BCUT2D eigenvalue weighted by Gasteiger charge is -2.45. The molecule has 0 unspecified atom stereocenters. The minimum atomic E-state index is 0.636. The fourth-order valence-corrected chi connectivity index (χ4v) is 7.04. The Morgan fingerprint density at radius 1 is 0.923 bits per heavy atom. The molecule has 0 atom stereocenters. The first-order chi connectivity index (χ1) is 19.2. The summed E-state index contributed by atoms with van der Waals surface area (Å²) in [5, 5.41) is 3.24. The van der Waals surface area contributed by atoms with E-state index in [-0.39, 0.29) is 0 Å². The number of hydrogen-bond acceptors (Lipinski definition) is 5. The highest BCUT2D eigenvalue weighted by molar-refractivity contribution is 7.10. The van der Waals surface area contributed by atoms with Gasteiger partial charge >= 0.3 is 0 Å². The summed E-state index contributed by atoms with van der Waals surface area (Å²) in [5.74, 6) is 0.760. The summed E-state index contributed by atoms with van der Waals surface area (Å²) in [4.78, 5) is 12.3. The third kappa shape index (κ3) is 6.09. The second-order valence-corrected chi connectivity index (χ2v) is 12.0. The molecule has 2 heterocycles. The van der Waals surface area contributed by atoms with Gasteiger partial charge in [-0.15, -0.1) is 11.3 Å². The molecule has 2 fully saturated rings. The second-order valence-electron chi connectivity index (χ2n) is 11.1. The van der Waals surface area contributed by atoms with Gasteiger partial charge in [0, 0.05) is 42.4 Å². The third-order valence-electron chi connectivity index (χ3n) is 8.57. The zero-order chi connectivity index (χ0) is 26.5. The molecular weight excluding hydrogens is 498 g/mol. The number of thiazole rings is 1. The van der Waals surface area contributed by atoms with Crippen molar-refractivity contribution in [2.45, 2.75) is 51.4 Å². The number of aliphatic imine (C=N–C) groups is 1. The van der Waals surface area contributed by atoms with Gasteiger partial charge in [-0.05, 0) is 72.6 Å². The lowest BCUT2D eigenvalue weighted by molar-refractivity contribution is 0.144. The van der Waals surface area contributed by atoms with E-state index in [0.29, 0.717) is 5.41 Å². The summed E-state index contributed by atoms with van der Waals surface area (Å²) in [6, 6.07) is 25.4. The zero-order valence-electron chi connectivity index (χ0n) is 22.8. The first-order valence-corrected chi connectivity index (χ1v) is 15.1. The van der Waals surface area contributed by atoms with Crippen LogP contribution in [0.15, 0.2) is 83.2 Å². The molecule has 6 rings (SSSR count). The molecule has 1 aliphatic heterocycles. The van der Waals surface area contributed by atoms with Gasteiger partial charge < -0.3 is 9.64 Å². The van der Waals surface area contributed by atoms with E-state index in [4.69, 9.17) is 14.7 Å². The molecule has 1 saturated carbocycles. The maximum absolute atomic E-state index is 5.62. The van der Waals surface area contributed by atoms with Crippen molar-refractivity contribution in [1.29, 1.82) is 0 Å². The standard InChI is InChI=1S/C34H37N3OS/c1-38-32-15-12-28(31-25-39-33(36-31)22-26-8-4-2-5-9-26)23-30(32)35-24-27-10-13-29(14-11-27)37-20-18-34(19-21-37)16-6-3-7-17-34/h2,4-5,8-15,23-25H,3,6-7,16-22H2,1H3. The molecule has 0 radical (unpaired) electrons. The Kier molecular flexibility index (Phi) is 7.78. The summed E-state index contributed by atoms with van der Waals surface area (Å²) in [6.07, 6.45) is 12.7. The van der Waals surface area contributed by atoms with Crippen LogP contribution >= 0.6 is 11.3 Å². The number of aromatic nitrogens is 1. The Morgan fingerprint density at radius 2 is 1.69 bits per heavy atom. The van der Waals surface area contributed by atoms with Gasteiger partial charge in [0.25, 0.3) is 0 Å². The lowest BCUT2D eigenvalue weighted by Crippen LogP contribution is -2.41. The van der Waals surface area contributed by atoms with Crippen molar-refractivity contribution in [1.82, 2.24) is 4.98 Å². The van der Waals surface area contributed by atoms with E-state index in [1.807, 2.05) is 18.3 Å². The molecule has 2 aliphatic rings. The molecule has 0 N–H and O–H groups in total. The van der Waals surface area contributed by atoms with Crippen molar-refractivity contribution in [3.8, 4) is 17.0 Å². The highest BCUT2D eigenvalue weighted by Crippen LogP contribution is 2.45. The molecule has 4 nitrogen and oxygen atoms in total. The lowest BCUT2D eigenvalue weighted by atomic mass is 9.68. The third-order valence-corrected chi connectivity index (χ3v) is 9.42. The number of piperidine rings is 1. The number of benzene rings is 3. The van der Waals surface area contributed by atoms with Crippen LogP contribution in [-0.4, -0.2) is 31.4 Å². The molecule has 4 aromatic rings. The molecule has 39 heavy (non-hydrogen) atoms. The van der Waals surface area contributed by atoms with Crippen molar-refractivity contribution in [2.75, 3.05) is 25.1 Å². The summed E-state index contributed by atoms with van der Waals surface area (Å²) < 4.78 is 5.62. The van der Waals surface area contributed by atoms with Crippen LogP contribution < -0.4 is 9.64 Å². The van der Waals surface area contributed by atoms with Crippen LogP contribution in [0.25, 0.3) is 11.3 Å². The Balaban J connectivity index is 1.13. The quantitative estimate of drug-likeness (QED) is 0.222. The summed E-state index contributed by atoms with van der Waals surface area (Å²) in [7, 11) is 1.69. The smallest absolute Gasteiger partial charge is 0.144 e. The Bertz CT molecular complexity index is 1390. The van der Waals surface area contributed by atoms with E-state index < -0.39 is 0 Å². The minimum absolute atomic E-state index is 0.636. The van der Waals surface area contributed by atoms with Gasteiger partial charge in [0.05, 0.1) is 17.8 Å². The van der Waals surface area contributed by atoms with Crippen LogP contribution in [0.5, 0.6) is 5.75 Å². The van der Waals surface area contributed by atoms with Crippen LogP contribution in [0.4, 0.5) is 11.4 Å². The number of hydrogen-bond donors (Lipinski definition) is 0. The zero-order valence-corrected chi connectivity index (χ0v) is 23.6. The van der Waals surface area contributed by atoms with Gasteiger partial charge in [-0.25, -0.2) is 4.98 Å². The van der Waals surface area contributed by atoms with Gasteiger partial charge in [0.15, 0.2) is 0 Å². The van der Waals surface area contributed by atoms with Gasteiger partial charge in [-0.2, -0.15) is 0 Å². The average molecular weight is 536 g/mol. The van der Waals surface area contributed by atoms with Crippen LogP contribution in [0, 0.1) is 5.41 Å². The Labute approximate surface area is 236 Å². The van der Waals surface area contributed by atoms with Gasteiger partial charge in [0.1, 0.15) is 11.4 Å². The monoisotopic (exact) mass is 535 g/mol. The second kappa shape index (κ2) is 11.7. The first-order valence-electron chi connectivity index (χ1n) is 14.3. The molecule has 200 valence electrons. The predicted octanol–water partition coefficient (Wildman–Crippen LogP) is 8.71. The molecular formula is C34H37N3OS. The number of ether oxygens (including phenoxy) is 1. The van der Waals surface area contributed by atoms with E-state index in [0.717, 1.165) is 39.7 Å². The molecule has 1 saturated heterocycles. The van der Waals surface area contributed by atoms with E-state index in [1.54, 1.807) is 18.4 Å². The van der Waals surface area contributed by atoms with Crippen molar-refractivity contribution < 1.29 is 4.74 Å². The van der Waals surface area contributed by atoms with E-state index in [1.165, 1.54) is 69.3 Å². The highest BCUT2D eigenvalue weighted by atomic mass is 32.1. The molecule has 0 amide bonds. The van der Waals surface area contributed by atoms with E-state index >= 15 is 0 Å². The Morgan fingerprint density at radius 3 is 2.44 bits per heavy atom. The van der Waals surface area contributed by atoms with Crippen LogP contribution in [0.3, 0.4) is 0 Å². The minimum Gasteiger partial charge on any atom is -0.494 e. The van der Waals surface area contributed by atoms with Crippen molar-refractivity contribution >= 4 is 28.9 Å². The number of rotatable bonds is 7. The molecule has 1 spiro atoms. The van der Waals surface area contributed by atoms with E-state index in [9.17, 15) is 0 Å². The van der Waals surface area contributed by atoms with Gasteiger partial charge in [-0.3, -0.25) is 4.99 Å². The maximum Gasteiger partial charge on any atom is 0.144 e. The molecule has 1 aliphatic carbocycles. The highest BCUT2D eigenvalue weighted by Gasteiger charge is 2.35. The van der Waals surface area contributed by atoms with Crippen molar-refractivity contribution in [3.63, 3.8) is 0 Å². The molecule has 0 bridgehead atoms. The van der Waals surface area contributed by atoms with Crippen molar-refractivity contribution in [3.05, 3.63) is 94.3 Å². The number of methoxy groups -OCH3 is 1. The van der Waals surface area contributed by atoms with Crippen LogP contribution in [-0.2, 0) is 6.42 Å². The summed E-state index contributed by atoms with van der Waals surface area (Å²) in [6.45, 7) is 2.36. The topological polar surface area (TPSA) is 37.7 Å². The van der Waals surface area contributed by atoms with Crippen LogP contribution in [0.1, 0.15) is 61.1 Å². The fourth-order valence-electron chi connectivity index (χ4n) is 6.20. The SMILES string of the molecule is COc1ccc(-c2csc(Cc3ccccc3)n2)cc1N=Cc1ccc(N2CCC3(CCCCC3)CC2)cc1. The summed E-state index contributed by atoms with van der Waals surface area (Å²) in [5.41, 5.74) is 7.17. The van der Waals surface area contributed by atoms with Gasteiger partial charge in [0.2, 0.25) is 0 Å². The normalized spacial score (nSPS) is 17.1. The molecule has 5 heteroatoms. The fraction of sp³-hybridized carbons (Fsp3) is 0.353. The average Bonchev–Trinajstić information content (AvgIpc) is 3.46. The van der Waals surface area contributed by atoms with Crippen LogP contribution in [0.2, 0.25) is 0 Å². The van der Waals surface area contributed by atoms with E-state index in [2.05, 4.69) is 70.9 Å². The number of anilines is 1. The summed E-state index contributed by atoms with van der Waals surface area (Å²) >= 11 is 1.70.